The Balaban J connectivity index is 1.44. The van der Waals surface area contributed by atoms with E-state index in [1.165, 1.54) is 83.8 Å². The fourth-order valence-electron chi connectivity index (χ4n) is 8.07. The number of rotatable bonds is 3. The topological polar surface area (TPSA) is 29.3 Å². The van der Waals surface area contributed by atoms with E-state index < -0.39 is 0 Å². The number of nitrogens with zero attached hydrogens (tertiary/aromatic N) is 1. The van der Waals surface area contributed by atoms with E-state index in [9.17, 15) is 0 Å². The van der Waals surface area contributed by atoms with E-state index in [2.05, 4.69) is 42.2 Å². The molecule has 4 aliphatic carbocycles. The molecule has 4 saturated carbocycles. The summed E-state index contributed by atoms with van der Waals surface area (Å²) in [7, 11) is 0. The Morgan fingerprint density at radius 1 is 1.00 bits per heavy atom. The molecule has 2 nitrogen and oxygen atoms in total. The minimum Gasteiger partial charge on any atom is -0.328 e. The molecule has 1 aromatic rings. The van der Waals surface area contributed by atoms with Crippen LogP contribution in [0.15, 0.2) is 30.3 Å². The maximum atomic E-state index is 6.19. The molecule has 4 bridgehead atoms. The highest BCUT2D eigenvalue weighted by Crippen LogP contribution is 2.67. The van der Waals surface area contributed by atoms with Gasteiger partial charge in [-0.15, -0.1) is 0 Å². The number of hydrogen-bond acceptors (Lipinski definition) is 2. The highest BCUT2D eigenvalue weighted by Gasteiger charge is 2.59. The summed E-state index contributed by atoms with van der Waals surface area (Å²) in [5, 5.41) is 0. The molecule has 1 aliphatic heterocycles. The first kappa shape index (κ1) is 18.2. The molecule has 0 spiro atoms. The standard InChI is InChI=1S/C25H38N2/c1-23-14-20-6-5-11-24(15-20,19-27-12-9-22(26)10-13-27)18-25(16-23,17-23)21-7-3-2-4-8-21/h2-4,7-8,20,22H,5-6,9-19,26H2,1H3. The molecule has 0 aromatic heterocycles. The third kappa shape index (κ3) is 3.38. The van der Waals surface area contributed by atoms with Gasteiger partial charge in [0.25, 0.3) is 0 Å². The van der Waals surface area contributed by atoms with Gasteiger partial charge in [0.2, 0.25) is 0 Å². The average molecular weight is 367 g/mol. The van der Waals surface area contributed by atoms with Gasteiger partial charge in [-0.3, -0.25) is 0 Å². The van der Waals surface area contributed by atoms with Crippen molar-refractivity contribution in [3.05, 3.63) is 35.9 Å². The van der Waals surface area contributed by atoms with Crippen molar-refractivity contribution in [2.75, 3.05) is 19.6 Å². The molecule has 0 radical (unpaired) electrons. The number of hydrogen-bond donors (Lipinski definition) is 1. The molecular weight excluding hydrogens is 328 g/mol. The molecule has 0 amide bonds. The molecule has 148 valence electrons. The van der Waals surface area contributed by atoms with Crippen molar-refractivity contribution >= 4 is 0 Å². The molecular formula is C25H38N2. The highest BCUT2D eigenvalue weighted by molar-refractivity contribution is 5.32. The number of nitrogens with two attached hydrogens (primary N) is 1. The van der Waals surface area contributed by atoms with E-state index >= 15 is 0 Å². The van der Waals surface area contributed by atoms with Crippen LogP contribution in [0.3, 0.4) is 0 Å². The van der Waals surface area contributed by atoms with Crippen LogP contribution in [0.1, 0.15) is 76.7 Å². The van der Waals surface area contributed by atoms with Crippen LogP contribution < -0.4 is 5.73 Å². The van der Waals surface area contributed by atoms with Crippen molar-refractivity contribution in [3.8, 4) is 0 Å². The Bertz CT molecular complexity index is 654. The summed E-state index contributed by atoms with van der Waals surface area (Å²) in [4.78, 5) is 2.78. The number of likely N-dealkylation sites (tertiary alicyclic amines) is 1. The van der Waals surface area contributed by atoms with Crippen LogP contribution in [0, 0.1) is 16.7 Å². The van der Waals surface area contributed by atoms with Gasteiger partial charge < -0.3 is 10.6 Å². The summed E-state index contributed by atoms with van der Waals surface area (Å²) in [5.41, 5.74) is 9.41. The largest absolute Gasteiger partial charge is 0.328 e. The summed E-state index contributed by atoms with van der Waals surface area (Å²) in [6.07, 6.45) is 14.0. The lowest BCUT2D eigenvalue weighted by Gasteiger charge is -2.63. The summed E-state index contributed by atoms with van der Waals surface area (Å²) in [6.45, 7) is 6.37. The normalized spacial score (nSPS) is 42.8. The second-order valence-electron chi connectivity index (χ2n) is 11.3. The predicted molar refractivity (Wildman–Crippen MR) is 113 cm³/mol. The van der Waals surface area contributed by atoms with Crippen LogP contribution in [0.25, 0.3) is 0 Å². The van der Waals surface area contributed by atoms with Crippen LogP contribution in [0.2, 0.25) is 0 Å². The second kappa shape index (κ2) is 6.59. The Labute approximate surface area is 165 Å². The zero-order valence-corrected chi connectivity index (χ0v) is 17.3. The van der Waals surface area contributed by atoms with Crippen molar-refractivity contribution in [1.82, 2.24) is 4.90 Å². The number of benzene rings is 1. The predicted octanol–water partition coefficient (Wildman–Crippen LogP) is 5.12. The molecule has 6 rings (SSSR count). The van der Waals surface area contributed by atoms with Crippen LogP contribution in [-0.4, -0.2) is 30.6 Å². The monoisotopic (exact) mass is 366 g/mol. The molecule has 27 heavy (non-hydrogen) atoms. The van der Waals surface area contributed by atoms with E-state index in [4.69, 9.17) is 5.73 Å². The molecule has 1 aromatic carbocycles. The second-order valence-corrected chi connectivity index (χ2v) is 11.3. The van der Waals surface area contributed by atoms with Crippen LogP contribution in [0.4, 0.5) is 0 Å². The van der Waals surface area contributed by atoms with E-state index in [-0.39, 0.29) is 0 Å². The number of piperidine rings is 1. The Hall–Kier alpha value is -0.860. The molecule has 1 heterocycles. The molecule has 2 N–H and O–H groups in total. The molecule has 2 heteroatoms. The minimum absolute atomic E-state index is 0.443. The first-order valence-corrected chi connectivity index (χ1v) is 11.5. The molecule has 2 atom stereocenters. The lowest BCUT2D eigenvalue weighted by molar-refractivity contribution is -0.0823. The highest BCUT2D eigenvalue weighted by atomic mass is 15.1. The zero-order valence-electron chi connectivity index (χ0n) is 17.3. The summed E-state index contributed by atoms with van der Waals surface area (Å²) >= 11 is 0. The summed E-state index contributed by atoms with van der Waals surface area (Å²) in [5.74, 6) is 0.977. The SMILES string of the molecule is CC12CC3CCCC(CN4CCC(N)CC4)(C3)CC(c3ccccc3)(C1)C2. The van der Waals surface area contributed by atoms with Crippen molar-refractivity contribution in [2.45, 2.75) is 82.6 Å². The van der Waals surface area contributed by atoms with Gasteiger partial charge in [-0.1, -0.05) is 50.1 Å². The third-order valence-corrected chi connectivity index (χ3v) is 8.64. The van der Waals surface area contributed by atoms with Crippen molar-refractivity contribution in [1.29, 1.82) is 0 Å². The minimum atomic E-state index is 0.443. The van der Waals surface area contributed by atoms with Gasteiger partial charge in [0, 0.05) is 12.6 Å². The summed E-state index contributed by atoms with van der Waals surface area (Å²) < 4.78 is 0. The van der Waals surface area contributed by atoms with Gasteiger partial charge in [-0.2, -0.15) is 0 Å². The molecule has 1 saturated heterocycles. The maximum Gasteiger partial charge on any atom is 0.00631 e. The van der Waals surface area contributed by atoms with Crippen molar-refractivity contribution in [2.24, 2.45) is 22.5 Å². The first-order chi connectivity index (χ1) is 13.0. The summed E-state index contributed by atoms with van der Waals surface area (Å²) in [6, 6.07) is 12.0. The first-order valence-electron chi connectivity index (χ1n) is 11.5. The van der Waals surface area contributed by atoms with Crippen LogP contribution in [0.5, 0.6) is 0 Å². The Morgan fingerprint density at radius 3 is 2.48 bits per heavy atom. The van der Waals surface area contributed by atoms with Crippen LogP contribution in [-0.2, 0) is 5.41 Å². The van der Waals surface area contributed by atoms with E-state index in [0.717, 1.165) is 5.92 Å². The van der Waals surface area contributed by atoms with Gasteiger partial charge in [-0.05, 0) is 92.2 Å². The lowest BCUT2D eigenvalue weighted by Crippen LogP contribution is -2.57. The zero-order chi connectivity index (χ0) is 18.5. The quantitative estimate of drug-likeness (QED) is 0.804. The van der Waals surface area contributed by atoms with Crippen molar-refractivity contribution in [3.63, 3.8) is 0 Å². The van der Waals surface area contributed by atoms with Gasteiger partial charge in [0.1, 0.15) is 0 Å². The van der Waals surface area contributed by atoms with E-state index in [1.54, 1.807) is 5.56 Å². The molecule has 2 unspecified atom stereocenters. The van der Waals surface area contributed by atoms with Gasteiger partial charge in [0.15, 0.2) is 0 Å². The fourth-order valence-corrected chi connectivity index (χ4v) is 8.07. The Kier molecular flexibility index (Phi) is 4.44. The smallest absolute Gasteiger partial charge is 0.00631 e. The molecule has 5 fully saturated rings. The average Bonchev–Trinajstić information content (AvgIpc) is 2.62. The maximum absolute atomic E-state index is 6.19. The van der Waals surface area contributed by atoms with Crippen LogP contribution >= 0.6 is 0 Å². The molecule has 5 aliphatic rings. The van der Waals surface area contributed by atoms with Gasteiger partial charge in [-0.25, -0.2) is 0 Å². The van der Waals surface area contributed by atoms with E-state index in [1.807, 2.05) is 0 Å². The van der Waals surface area contributed by atoms with E-state index in [0.29, 0.717) is 22.3 Å². The third-order valence-electron chi connectivity index (χ3n) is 8.64. The van der Waals surface area contributed by atoms with Crippen molar-refractivity contribution < 1.29 is 0 Å². The Morgan fingerprint density at radius 2 is 1.74 bits per heavy atom. The fraction of sp³-hybridized carbons (Fsp3) is 0.760. The van der Waals surface area contributed by atoms with Gasteiger partial charge >= 0.3 is 0 Å². The lowest BCUT2D eigenvalue weighted by atomic mass is 9.42. The van der Waals surface area contributed by atoms with Gasteiger partial charge in [0.05, 0.1) is 0 Å².